The van der Waals surface area contributed by atoms with Crippen molar-refractivity contribution in [3.8, 4) is 11.5 Å². The fourth-order valence-corrected chi connectivity index (χ4v) is 5.02. The van der Waals surface area contributed by atoms with Gasteiger partial charge in [-0.15, -0.1) is 0 Å². The number of halogens is 1. The SMILES string of the molecule is COc1cc(C)c(CN2[C@@H]3CC[C@H]2CC(O)(c2ccccc2F)C3)cc1OC. The molecule has 2 bridgehead atoms. The predicted molar refractivity (Wildman–Crippen MR) is 106 cm³/mol. The molecule has 1 N–H and O–H groups in total. The fourth-order valence-electron chi connectivity index (χ4n) is 5.02. The largest absolute Gasteiger partial charge is 0.493 e. The summed E-state index contributed by atoms with van der Waals surface area (Å²) >= 11 is 0. The van der Waals surface area contributed by atoms with Crippen LogP contribution in [0.2, 0.25) is 0 Å². The Kier molecular flexibility index (Phi) is 5.06. The third-order valence-electron chi connectivity index (χ3n) is 6.49. The predicted octanol–water partition coefficient (Wildman–Crippen LogP) is 4.17. The van der Waals surface area contributed by atoms with Crippen LogP contribution in [0.15, 0.2) is 36.4 Å². The normalized spacial score (nSPS) is 27.0. The molecule has 1 unspecified atom stereocenters. The Morgan fingerprint density at radius 1 is 1.07 bits per heavy atom. The summed E-state index contributed by atoms with van der Waals surface area (Å²) in [6.07, 6.45) is 3.20. The molecular weight excluding hydrogens is 357 g/mol. The first-order chi connectivity index (χ1) is 13.4. The van der Waals surface area contributed by atoms with Crippen molar-refractivity contribution in [2.24, 2.45) is 0 Å². The molecule has 0 radical (unpaired) electrons. The summed E-state index contributed by atoms with van der Waals surface area (Å²) in [7, 11) is 3.29. The Labute approximate surface area is 165 Å². The van der Waals surface area contributed by atoms with E-state index in [2.05, 4.69) is 11.8 Å². The van der Waals surface area contributed by atoms with Crippen molar-refractivity contribution in [3.63, 3.8) is 0 Å². The van der Waals surface area contributed by atoms with E-state index in [0.29, 0.717) is 18.4 Å². The number of hydrogen-bond donors (Lipinski definition) is 1. The molecule has 0 aromatic heterocycles. The zero-order valence-electron chi connectivity index (χ0n) is 16.7. The van der Waals surface area contributed by atoms with E-state index in [1.807, 2.05) is 12.1 Å². The lowest BCUT2D eigenvalue weighted by molar-refractivity contribution is -0.0616. The first kappa shape index (κ1) is 19.2. The molecule has 2 heterocycles. The Balaban J connectivity index is 1.58. The van der Waals surface area contributed by atoms with Gasteiger partial charge in [-0.1, -0.05) is 18.2 Å². The van der Waals surface area contributed by atoms with Gasteiger partial charge in [0.2, 0.25) is 0 Å². The van der Waals surface area contributed by atoms with E-state index >= 15 is 0 Å². The summed E-state index contributed by atoms with van der Waals surface area (Å²) in [5.74, 6) is 1.16. The average molecular weight is 385 g/mol. The van der Waals surface area contributed by atoms with Crippen LogP contribution in [0, 0.1) is 12.7 Å². The van der Waals surface area contributed by atoms with Crippen LogP contribution < -0.4 is 9.47 Å². The standard InChI is InChI=1S/C23H28FNO3/c1-15-10-21(27-2)22(28-3)11-16(15)14-25-17-8-9-18(25)13-23(26,12-17)19-6-4-5-7-20(19)24/h4-7,10-11,17-18,26H,8-9,12-14H2,1-3H3/t17-,18+,23?. The van der Waals surface area contributed by atoms with Crippen LogP contribution in [0.3, 0.4) is 0 Å². The Bertz CT molecular complexity index is 855. The maximum Gasteiger partial charge on any atom is 0.161 e. The van der Waals surface area contributed by atoms with Crippen LogP contribution in [0.5, 0.6) is 11.5 Å². The lowest BCUT2D eigenvalue weighted by atomic mass is 9.80. The summed E-state index contributed by atoms with van der Waals surface area (Å²) in [5, 5.41) is 11.3. The minimum absolute atomic E-state index is 0.246. The minimum Gasteiger partial charge on any atom is -0.493 e. The third kappa shape index (κ3) is 3.27. The van der Waals surface area contributed by atoms with Crippen molar-refractivity contribution in [3.05, 3.63) is 58.9 Å². The van der Waals surface area contributed by atoms with Crippen LogP contribution in [-0.4, -0.2) is 36.3 Å². The van der Waals surface area contributed by atoms with Crippen LogP contribution in [0.4, 0.5) is 4.39 Å². The van der Waals surface area contributed by atoms with E-state index < -0.39 is 5.60 Å². The van der Waals surface area contributed by atoms with E-state index in [4.69, 9.17) is 9.47 Å². The van der Waals surface area contributed by atoms with Crippen LogP contribution in [0.25, 0.3) is 0 Å². The highest BCUT2D eigenvalue weighted by Gasteiger charge is 2.49. The van der Waals surface area contributed by atoms with Gasteiger partial charge in [-0.2, -0.15) is 0 Å². The number of fused-ring (bicyclic) bond motifs is 2. The quantitative estimate of drug-likeness (QED) is 0.839. The van der Waals surface area contributed by atoms with E-state index in [1.165, 1.54) is 11.6 Å². The highest BCUT2D eigenvalue weighted by atomic mass is 19.1. The number of rotatable bonds is 5. The third-order valence-corrected chi connectivity index (χ3v) is 6.49. The van der Waals surface area contributed by atoms with Crippen molar-refractivity contribution < 1.29 is 19.0 Å². The first-order valence-corrected chi connectivity index (χ1v) is 9.90. The molecule has 5 heteroatoms. The second-order valence-electron chi connectivity index (χ2n) is 8.11. The zero-order chi connectivity index (χ0) is 19.9. The maximum atomic E-state index is 14.3. The van der Waals surface area contributed by atoms with Crippen molar-refractivity contribution in [1.82, 2.24) is 4.90 Å². The molecule has 0 saturated carbocycles. The second kappa shape index (κ2) is 7.37. The lowest BCUT2D eigenvalue weighted by Crippen LogP contribution is -2.49. The second-order valence-corrected chi connectivity index (χ2v) is 8.11. The first-order valence-electron chi connectivity index (χ1n) is 9.90. The molecule has 0 aliphatic carbocycles. The minimum atomic E-state index is -1.08. The van der Waals surface area contributed by atoms with Crippen LogP contribution >= 0.6 is 0 Å². The van der Waals surface area contributed by atoms with Crippen molar-refractivity contribution in [2.45, 2.75) is 56.8 Å². The van der Waals surface area contributed by atoms with E-state index in [1.54, 1.807) is 32.4 Å². The van der Waals surface area contributed by atoms with E-state index in [9.17, 15) is 9.50 Å². The Morgan fingerprint density at radius 3 is 2.29 bits per heavy atom. The van der Waals surface area contributed by atoms with E-state index in [0.717, 1.165) is 36.4 Å². The number of ether oxygens (including phenoxy) is 2. The number of piperidine rings is 1. The monoisotopic (exact) mass is 385 g/mol. The number of hydrogen-bond acceptors (Lipinski definition) is 4. The molecular formula is C23H28FNO3. The molecule has 2 aromatic rings. The summed E-state index contributed by atoms with van der Waals surface area (Å²) in [6.45, 7) is 2.88. The fraction of sp³-hybridized carbons (Fsp3) is 0.478. The maximum absolute atomic E-state index is 14.3. The molecule has 2 aliphatic rings. The number of nitrogens with zero attached hydrogens (tertiary/aromatic N) is 1. The number of methoxy groups -OCH3 is 2. The molecule has 2 saturated heterocycles. The summed E-state index contributed by atoms with van der Waals surface area (Å²) in [6, 6.07) is 11.2. The number of benzene rings is 2. The summed E-state index contributed by atoms with van der Waals surface area (Å²) in [4.78, 5) is 2.48. The van der Waals surface area contributed by atoms with E-state index in [-0.39, 0.29) is 17.9 Å². The smallest absolute Gasteiger partial charge is 0.161 e. The molecule has 2 fully saturated rings. The van der Waals surface area contributed by atoms with Crippen molar-refractivity contribution in [2.75, 3.05) is 14.2 Å². The topological polar surface area (TPSA) is 41.9 Å². The molecule has 3 atom stereocenters. The molecule has 0 spiro atoms. The summed E-state index contributed by atoms with van der Waals surface area (Å²) in [5.41, 5.74) is 1.71. The molecule has 2 aliphatic heterocycles. The molecule has 0 amide bonds. The molecule has 28 heavy (non-hydrogen) atoms. The lowest BCUT2D eigenvalue weighted by Gasteiger charge is -2.44. The van der Waals surface area contributed by atoms with Crippen LogP contribution in [-0.2, 0) is 12.1 Å². The van der Waals surface area contributed by atoms with Gasteiger partial charge in [0, 0.05) is 24.2 Å². The Morgan fingerprint density at radius 2 is 1.68 bits per heavy atom. The Hall–Kier alpha value is -2.11. The van der Waals surface area contributed by atoms with Gasteiger partial charge in [0.1, 0.15) is 5.82 Å². The van der Waals surface area contributed by atoms with Gasteiger partial charge in [0.05, 0.1) is 19.8 Å². The highest BCUT2D eigenvalue weighted by molar-refractivity contribution is 5.47. The van der Waals surface area contributed by atoms with Crippen molar-refractivity contribution in [1.29, 1.82) is 0 Å². The van der Waals surface area contributed by atoms with Gasteiger partial charge >= 0.3 is 0 Å². The average Bonchev–Trinajstić information content (AvgIpc) is 2.93. The van der Waals surface area contributed by atoms with Gasteiger partial charge in [0.25, 0.3) is 0 Å². The summed E-state index contributed by atoms with van der Waals surface area (Å²) < 4.78 is 25.2. The van der Waals surface area contributed by atoms with Gasteiger partial charge in [-0.25, -0.2) is 4.39 Å². The number of aliphatic hydroxyl groups is 1. The molecule has 4 rings (SSSR count). The van der Waals surface area contributed by atoms with Gasteiger partial charge in [0.15, 0.2) is 11.5 Å². The molecule has 4 nitrogen and oxygen atoms in total. The molecule has 2 aromatic carbocycles. The molecule has 150 valence electrons. The van der Waals surface area contributed by atoms with Crippen LogP contribution in [0.1, 0.15) is 42.4 Å². The van der Waals surface area contributed by atoms with Gasteiger partial charge in [-0.3, -0.25) is 4.90 Å². The van der Waals surface area contributed by atoms with Gasteiger partial charge in [-0.05, 0) is 61.9 Å². The van der Waals surface area contributed by atoms with Crippen molar-refractivity contribution >= 4 is 0 Å². The number of aryl methyl sites for hydroxylation is 1. The zero-order valence-corrected chi connectivity index (χ0v) is 16.7. The highest BCUT2D eigenvalue weighted by Crippen LogP contribution is 2.47. The van der Waals surface area contributed by atoms with Gasteiger partial charge < -0.3 is 14.6 Å².